The van der Waals surface area contributed by atoms with Crippen LogP contribution in [0.3, 0.4) is 0 Å². The van der Waals surface area contributed by atoms with Gasteiger partial charge in [-0.05, 0) is 19.1 Å². The van der Waals surface area contributed by atoms with Gasteiger partial charge in [0.25, 0.3) is 0 Å². The summed E-state index contributed by atoms with van der Waals surface area (Å²) in [4.78, 5) is 8.37. The number of anilines is 4. The lowest BCUT2D eigenvalue weighted by Gasteiger charge is -2.08. The highest BCUT2D eigenvalue weighted by Gasteiger charge is 2.05. The maximum atomic E-state index is 13.6. The lowest BCUT2D eigenvalue weighted by Crippen LogP contribution is -2.00. The molecular formula is C14H13FN6. The average molecular weight is 284 g/mol. The van der Waals surface area contributed by atoms with Crippen molar-refractivity contribution in [2.45, 2.75) is 6.92 Å². The van der Waals surface area contributed by atoms with Gasteiger partial charge >= 0.3 is 0 Å². The zero-order valence-corrected chi connectivity index (χ0v) is 11.3. The molecule has 0 fully saturated rings. The second-order valence-electron chi connectivity index (χ2n) is 4.46. The van der Waals surface area contributed by atoms with Gasteiger partial charge in [-0.25, -0.2) is 9.37 Å². The highest BCUT2D eigenvalue weighted by molar-refractivity contribution is 5.59. The van der Waals surface area contributed by atoms with Crippen LogP contribution < -0.4 is 10.6 Å². The fourth-order valence-corrected chi connectivity index (χ4v) is 1.80. The highest BCUT2D eigenvalue weighted by atomic mass is 19.1. The van der Waals surface area contributed by atoms with Gasteiger partial charge in [0.15, 0.2) is 17.5 Å². The summed E-state index contributed by atoms with van der Waals surface area (Å²) < 4.78 is 13.6. The molecule has 0 radical (unpaired) electrons. The summed E-state index contributed by atoms with van der Waals surface area (Å²) >= 11 is 0. The van der Waals surface area contributed by atoms with Crippen molar-refractivity contribution in [1.29, 1.82) is 0 Å². The van der Waals surface area contributed by atoms with Gasteiger partial charge in [-0.15, -0.1) is 0 Å². The third-order valence-corrected chi connectivity index (χ3v) is 2.73. The first-order valence-corrected chi connectivity index (χ1v) is 6.33. The fraction of sp³-hybridized carbons (Fsp3) is 0.0714. The summed E-state index contributed by atoms with van der Waals surface area (Å²) in [5, 5.41) is 12.8. The molecule has 0 aliphatic rings. The minimum atomic E-state index is -0.347. The van der Waals surface area contributed by atoms with Crippen LogP contribution >= 0.6 is 0 Å². The van der Waals surface area contributed by atoms with Gasteiger partial charge in [-0.3, -0.25) is 10.1 Å². The van der Waals surface area contributed by atoms with Crippen molar-refractivity contribution in [1.82, 2.24) is 20.2 Å². The zero-order chi connectivity index (χ0) is 14.7. The smallest absolute Gasteiger partial charge is 0.153 e. The number of hydrogen-bond donors (Lipinski definition) is 3. The number of benzene rings is 1. The molecule has 0 atom stereocenters. The van der Waals surface area contributed by atoms with Crippen LogP contribution in [-0.2, 0) is 0 Å². The molecule has 0 aliphatic heterocycles. The molecule has 3 N–H and O–H groups in total. The third-order valence-electron chi connectivity index (χ3n) is 2.73. The molecule has 0 bridgehead atoms. The van der Waals surface area contributed by atoms with Gasteiger partial charge < -0.3 is 10.6 Å². The Bertz CT molecular complexity index is 754. The standard InChI is InChI=1S/C14H13FN6/c1-9-6-12(21-20-9)18-14-8-16-7-13(19-14)17-11-5-3-2-4-10(11)15/h2-8H,1H3,(H3,17,18,19,20,21). The number of nitrogens with one attached hydrogen (secondary N) is 3. The lowest BCUT2D eigenvalue weighted by molar-refractivity contribution is 0.632. The van der Waals surface area contributed by atoms with E-state index in [4.69, 9.17) is 0 Å². The Morgan fingerprint density at radius 2 is 1.81 bits per heavy atom. The normalized spacial score (nSPS) is 10.4. The summed E-state index contributed by atoms with van der Waals surface area (Å²) in [7, 11) is 0. The number of rotatable bonds is 4. The maximum absolute atomic E-state index is 13.6. The van der Waals surface area contributed by atoms with Crippen LogP contribution in [0.4, 0.5) is 27.5 Å². The van der Waals surface area contributed by atoms with Gasteiger partial charge in [0.1, 0.15) is 5.82 Å². The minimum Gasteiger partial charge on any atom is -0.336 e. The van der Waals surface area contributed by atoms with E-state index in [1.54, 1.807) is 24.4 Å². The van der Waals surface area contributed by atoms with Crippen molar-refractivity contribution >= 4 is 23.1 Å². The van der Waals surface area contributed by atoms with E-state index >= 15 is 0 Å². The molecule has 1 aromatic carbocycles. The Labute approximate surface area is 120 Å². The SMILES string of the molecule is Cc1cc(Nc2cncc(Nc3ccccc3F)n2)n[nH]1. The second-order valence-corrected chi connectivity index (χ2v) is 4.46. The van der Waals surface area contributed by atoms with Gasteiger partial charge in [-0.2, -0.15) is 5.10 Å². The van der Waals surface area contributed by atoms with E-state index in [2.05, 4.69) is 30.8 Å². The molecule has 0 saturated carbocycles. The van der Waals surface area contributed by atoms with Crippen molar-refractivity contribution in [3.05, 3.63) is 54.2 Å². The average Bonchev–Trinajstić information content (AvgIpc) is 2.87. The number of hydrogen-bond acceptors (Lipinski definition) is 5. The van der Waals surface area contributed by atoms with Gasteiger partial charge in [-0.1, -0.05) is 12.1 Å². The topological polar surface area (TPSA) is 78.5 Å². The largest absolute Gasteiger partial charge is 0.336 e. The van der Waals surface area contributed by atoms with Gasteiger partial charge in [0.2, 0.25) is 0 Å². The Hall–Kier alpha value is -2.96. The van der Waals surface area contributed by atoms with Crippen LogP contribution in [0.15, 0.2) is 42.7 Å². The summed E-state index contributed by atoms with van der Waals surface area (Å²) in [6.07, 6.45) is 3.09. The Kier molecular flexibility index (Phi) is 3.46. The van der Waals surface area contributed by atoms with Crippen molar-refractivity contribution in [3.8, 4) is 0 Å². The van der Waals surface area contributed by atoms with Crippen LogP contribution in [0.25, 0.3) is 0 Å². The maximum Gasteiger partial charge on any atom is 0.153 e. The zero-order valence-electron chi connectivity index (χ0n) is 11.3. The van der Waals surface area contributed by atoms with Crippen LogP contribution in [0.1, 0.15) is 5.69 Å². The van der Waals surface area contributed by atoms with E-state index in [-0.39, 0.29) is 5.82 Å². The van der Waals surface area contributed by atoms with E-state index in [1.165, 1.54) is 12.3 Å². The van der Waals surface area contributed by atoms with Gasteiger partial charge in [0.05, 0.1) is 18.1 Å². The van der Waals surface area contributed by atoms with Crippen LogP contribution in [-0.4, -0.2) is 20.2 Å². The Morgan fingerprint density at radius 1 is 1.05 bits per heavy atom. The molecule has 3 aromatic rings. The molecule has 3 rings (SSSR count). The Morgan fingerprint density at radius 3 is 2.52 bits per heavy atom. The minimum absolute atomic E-state index is 0.347. The predicted molar refractivity (Wildman–Crippen MR) is 78.3 cm³/mol. The van der Waals surface area contributed by atoms with Crippen LogP contribution in [0.2, 0.25) is 0 Å². The van der Waals surface area contributed by atoms with E-state index in [0.717, 1.165) is 5.69 Å². The molecule has 7 heteroatoms. The molecule has 2 aromatic heterocycles. The molecule has 0 saturated heterocycles. The van der Waals surface area contributed by atoms with Crippen LogP contribution in [0.5, 0.6) is 0 Å². The monoisotopic (exact) mass is 284 g/mol. The molecule has 0 spiro atoms. The highest BCUT2D eigenvalue weighted by Crippen LogP contribution is 2.19. The quantitative estimate of drug-likeness (QED) is 0.686. The summed E-state index contributed by atoms with van der Waals surface area (Å²) in [5.74, 6) is 1.26. The summed E-state index contributed by atoms with van der Waals surface area (Å²) in [5.41, 5.74) is 1.28. The Balaban J connectivity index is 1.78. The molecule has 6 nitrogen and oxygen atoms in total. The van der Waals surface area contributed by atoms with E-state index in [1.807, 2.05) is 13.0 Å². The molecule has 106 valence electrons. The fourth-order valence-electron chi connectivity index (χ4n) is 1.80. The number of para-hydroxylation sites is 1. The number of H-pyrrole nitrogens is 1. The third kappa shape index (κ3) is 3.14. The van der Waals surface area contributed by atoms with E-state index < -0.39 is 0 Å². The molecule has 0 unspecified atom stereocenters. The van der Waals surface area contributed by atoms with Crippen molar-refractivity contribution in [2.24, 2.45) is 0 Å². The summed E-state index contributed by atoms with van der Waals surface area (Å²) in [6.45, 7) is 1.90. The number of aryl methyl sites for hydroxylation is 1. The second kappa shape index (κ2) is 5.58. The molecule has 2 heterocycles. The molecule has 0 aliphatic carbocycles. The molecular weight excluding hydrogens is 271 g/mol. The van der Waals surface area contributed by atoms with E-state index in [0.29, 0.717) is 23.1 Å². The first-order valence-electron chi connectivity index (χ1n) is 6.33. The number of halogens is 1. The summed E-state index contributed by atoms with van der Waals surface area (Å²) in [6, 6.07) is 8.23. The molecule has 21 heavy (non-hydrogen) atoms. The van der Waals surface area contributed by atoms with Gasteiger partial charge in [0, 0.05) is 11.8 Å². The van der Waals surface area contributed by atoms with Crippen LogP contribution in [0, 0.1) is 12.7 Å². The number of aromatic amines is 1. The predicted octanol–water partition coefficient (Wildman–Crippen LogP) is 3.13. The van der Waals surface area contributed by atoms with E-state index in [9.17, 15) is 4.39 Å². The van der Waals surface area contributed by atoms with Crippen molar-refractivity contribution in [2.75, 3.05) is 10.6 Å². The number of nitrogens with zero attached hydrogens (tertiary/aromatic N) is 3. The van der Waals surface area contributed by atoms with Crippen molar-refractivity contribution in [3.63, 3.8) is 0 Å². The lowest BCUT2D eigenvalue weighted by atomic mass is 10.3. The van der Waals surface area contributed by atoms with Crippen molar-refractivity contribution < 1.29 is 4.39 Å². The molecule has 0 amide bonds. The first kappa shape index (κ1) is 13.0. The number of aromatic nitrogens is 4. The first-order chi connectivity index (χ1) is 10.2.